The summed E-state index contributed by atoms with van der Waals surface area (Å²) >= 11 is 1.18. The van der Waals surface area contributed by atoms with Crippen LogP contribution in [0.4, 0.5) is 4.79 Å². The summed E-state index contributed by atoms with van der Waals surface area (Å²) in [5.74, 6) is 0.591. The van der Waals surface area contributed by atoms with E-state index >= 15 is 0 Å². The lowest BCUT2D eigenvalue weighted by Gasteiger charge is -2.03. The van der Waals surface area contributed by atoms with E-state index in [4.69, 9.17) is 11.1 Å². The number of carbonyl (C=O) groups is 1. The Kier molecular flexibility index (Phi) is 11.7. The van der Waals surface area contributed by atoms with E-state index in [1.165, 1.54) is 11.8 Å². The van der Waals surface area contributed by atoms with Crippen LogP contribution in [0.15, 0.2) is 0 Å². The average Bonchev–Trinajstić information content (AvgIpc) is 1.98. The van der Waals surface area contributed by atoms with Crippen molar-refractivity contribution in [3.05, 3.63) is 0 Å². The van der Waals surface area contributed by atoms with Crippen LogP contribution < -0.4 is 11.1 Å². The van der Waals surface area contributed by atoms with Crippen molar-refractivity contribution in [3.63, 3.8) is 0 Å². The molecule has 1 amide bonds. The molecule has 13 heavy (non-hydrogen) atoms. The SMILES string of the molecule is CCOC(=O)NCCSC(=N)N.I. The molecule has 5 nitrogen and oxygen atoms in total. The average molecular weight is 319 g/mol. The number of nitrogens with one attached hydrogen (secondary N) is 2. The lowest BCUT2D eigenvalue weighted by Crippen LogP contribution is -2.27. The molecule has 0 aromatic rings. The molecule has 0 atom stereocenters. The fourth-order valence-corrected chi connectivity index (χ4v) is 0.920. The molecule has 0 aliphatic carbocycles. The van der Waals surface area contributed by atoms with Crippen LogP contribution in [0, 0.1) is 5.41 Å². The molecule has 0 aliphatic heterocycles. The summed E-state index contributed by atoms with van der Waals surface area (Å²) in [7, 11) is 0. The van der Waals surface area contributed by atoms with Gasteiger partial charge in [-0.25, -0.2) is 4.79 Å². The zero-order valence-corrected chi connectivity index (χ0v) is 10.5. The molecule has 0 aromatic heterocycles. The zero-order valence-electron chi connectivity index (χ0n) is 7.33. The molecule has 0 saturated carbocycles. The number of amidine groups is 1. The van der Waals surface area contributed by atoms with Gasteiger partial charge in [-0.15, -0.1) is 24.0 Å². The largest absolute Gasteiger partial charge is 0.450 e. The maximum absolute atomic E-state index is 10.7. The lowest BCUT2D eigenvalue weighted by molar-refractivity contribution is 0.153. The molecule has 0 bridgehead atoms. The van der Waals surface area contributed by atoms with Crippen LogP contribution >= 0.6 is 35.7 Å². The molecule has 0 unspecified atom stereocenters. The van der Waals surface area contributed by atoms with E-state index in [1.807, 2.05) is 0 Å². The predicted molar refractivity (Wildman–Crippen MR) is 64.8 cm³/mol. The Balaban J connectivity index is 0. The molecule has 0 fully saturated rings. The van der Waals surface area contributed by atoms with E-state index in [-0.39, 0.29) is 29.1 Å². The fourth-order valence-electron chi connectivity index (χ4n) is 0.496. The Morgan fingerprint density at radius 3 is 2.77 bits per heavy atom. The van der Waals surface area contributed by atoms with Gasteiger partial charge in [0, 0.05) is 12.3 Å². The van der Waals surface area contributed by atoms with E-state index in [2.05, 4.69) is 10.1 Å². The van der Waals surface area contributed by atoms with E-state index in [0.29, 0.717) is 18.9 Å². The third kappa shape index (κ3) is 11.8. The van der Waals surface area contributed by atoms with Crippen LogP contribution in [-0.4, -0.2) is 30.2 Å². The van der Waals surface area contributed by atoms with Crippen LogP contribution in [0.3, 0.4) is 0 Å². The third-order valence-electron chi connectivity index (χ3n) is 0.904. The number of alkyl carbamates (subject to hydrolysis) is 1. The van der Waals surface area contributed by atoms with Crippen molar-refractivity contribution >= 4 is 47.0 Å². The van der Waals surface area contributed by atoms with Crippen molar-refractivity contribution in [2.45, 2.75) is 6.92 Å². The van der Waals surface area contributed by atoms with Gasteiger partial charge in [0.1, 0.15) is 0 Å². The van der Waals surface area contributed by atoms with Crippen molar-refractivity contribution in [1.29, 1.82) is 5.41 Å². The first-order valence-corrected chi connectivity index (χ1v) is 4.52. The highest BCUT2D eigenvalue weighted by molar-refractivity contribution is 14.0. The predicted octanol–water partition coefficient (Wildman–Crippen LogP) is 0.977. The standard InChI is InChI=1S/C6H13N3O2S.HI/c1-2-11-6(10)9-3-4-12-5(7)8;/h2-4H2,1H3,(H3,7,8)(H,9,10);1H. The second-order valence-corrected chi connectivity index (χ2v) is 3.00. The minimum atomic E-state index is -0.429. The molecule has 7 heteroatoms. The number of hydrogen-bond acceptors (Lipinski definition) is 4. The first kappa shape index (κ1) is 15.3. The highest BCUT2D eigenvalue weighted by Gasteiger charge is 1.98. The molecule has 0 heterocycles. The Morgan fingerprint density at radius 2 is 2.31 bits per heavy atom. The van der Waals surface area contributed by atoms with Gasteiger partial charge in [0.05, 0.1) is 6.61 Å². The molecule has 4 N–H and O–H groups in total. The first-order valence-electron chi connectivity index (χ1n) is 3.54. The normalized spacial score (nSPS) is 8.38. The van der Waals surface area contributed by atoms with Crippen molar-refractivity contribution in [3.8, 4) is 0 Å². The molecular weight excluding hydrogens is 305 g/mol. The van der Waals surface area contributed by atoms with Crippen LogP contribution in [0.5, 0.6) is 0 Å². The highest BCUT2D eigenvalue weighted by Crippen LogP contribution is 1.94. The smallest absolute Gasteiger partial charge is 0.407 e. The summed E-state index contributed by atoms with van der Waals surface area (Å²) in [4.78, 5) is 10.7. The molecule has 0 rings (SSSR count). The van der Waals surface area contributed by atoms with Gasteiger partial charge >= 0.3 is 6.09 Å². The second kappa shape index (κ2) is 9.90. The number of rotatable bonds is 4. The maximum Gasteiger partial charge on any atom is 0.407 e. The summed E-state index contributed by atoms with van der Waals surface area (Å²) in [6, 6.07) is 0. The summed E-state index contributed by atoms with van der Waals surface area (Å²) in [5.41, 5.74) is 5.07. The number of halogens is 1. The van der Waals surface area contributed by atoms with Gasteiger partial charge in [0.15, 0.2) is 5.17 Å². The summed E-state index contributed by atoms with van der Waals surface area (Å²) in [6.07, 6.45) is -0.429. The summed E-state index contributed by atoms with van der Waals surface area (Å²) in [6.45, 7) is 2.57. The van der Waals surface area contributed by atoms with E-state index < -0.39 is 6.09 Å². The topological polar surface area (TPSA) is 88.2 Å². The van der Waals surface area contributed by atoms with Gasteiger partial charge in [-0.05, 0) is 6.92 Å². The van der Waals surface area contributed by atoms with Gasteiger partial charge in [-0.2, -0.15) is 0 Å². The quantitative estimate of drug-likeness (QED) is 0.312. The maximum atomic E-state index is 10.7. The Labute approximate surface area is 98.7 Å². The van der Waals surface area contributed by atoms with Crippen LogP contribution in [0.2, 0.25) is 0 Å². The minimum Gasteiger partial charge on any atom is -0.450 e. The fraction of sp³-hybridized carbons (Fsp3) is 0.667. The lowest BCUT2D eigenvalue weighted by atomic mass is 10.7. The Hall–Kier alpha value is -0.180. The monoisotopic (exact) mass is 319 g/mol. The molecule has 0 saturated heterocycles. The highest BCUT2D eigenvalue weighted by atomic mass is 127. The van der Waals surface area contributed by atoms with Gasteiger partial charge in [0.25, 0.3) is 0 Å². The molecule has 78 valence electrons. The van der Waals surface area contributed by atoms with Crippen LogP contribution in [0.25, 0.3) is 0 Å². The summed E-state index contributed by atoms with van der Waals surface area (Å²) < 4.78 is 4.60. The molecule has 0 spiro atoms. The van der Waals surface area contributed by atoms with Crippen molar-refractivity contribution in [2.24, 2.45) is 5.73 Å². The Morgan fingerprint density at radius 1 is 1.69 bits per heavy atom. The van der Waals surface area contributed by atoms with Crippen LogP contribution in [-0.2, 0) is 4.74 Å². The van der Waals surface area contributed by atoms with Gasteiger partial charge in [-0.3, -0.25) is 5.41 Å². The van der Waals surface area contributed by atoms with Crippen molar-refractivity contribution < 1.29 is 9.53 Å². The van der Waals surface area contributed by atoms with E-state index in [1.54, 1.807) is 6.92 Å². The van der Waals surface area contributed by atoms with Crippen LogP contribution in [0.1, 0.15) is 6.92 Å². The molecular formula is C6H14IN3O2S. The number of ether oxygens (including phenoxy) is 1. The van der Waals surface area contributed by atoms with E-state index in [9.17, 15) is 4.79 Å². The zero-order chi connectivity index (χ0) is 9.40. The molecule has 0 radical (unpaired) electrons. The second-order valence-electron chi connectivity index (χ2n) is 1.86. The van der Waals surface area contributed by atoms with Gasteiger partial charge in [-0.1, -0.05) is 11.8 Å². The number of amides is 1. The number of nitrogens with two attached hydrogens (primary N) is 1. The first-order chi connectivity index (χ1) is 5.66. The minimum absolute atomic E-state index is 0. The van der Waals surface area contributed by atoms with Crippen molar-refractivity contribution in [2.75, 3.05) is 18.9 Å². The van der Waals surface area contributed by atoms with Gasteiger partial charge in [0.2, 0.25) is 0 Å². The Bertz CT molecular complexity index is 168. The number of hydrogen-bond donors (Lipinski definition) is 3. The third-order valence-corrected chi connectivity index (χ3v) is 1.62. The molecule has 0 aliphatic rings. The van der Waals surface area contributed by atoms with Gasteiger partial charge < -0.3 is 15.8 Å². The molecule has 0 aromatic carbocycles. The number of carbonyl (C=O) groups excluding carboxylic acids is 1. The number of thioether (sulfide) groups is 1. The summed E-state index contributed by atoms with van der Waals surface area (Å²) in [5, 5.41) is 9.42. The van der Waals surface area contributed by atoms with E-state index in [0.717, 1.165) is 0 Å². The van der Waals surface area contributed by atoms with Crippen molar-refractivity contribution in [1.82, 2.24) is 5.32 Å².